The SMILES string of the molecule is O=C(COc1ccc2c(c1)OCO2)N1CC[NH+](Cc2ccccc2)CC1. The van der Waals surface area contributed by atoms with Gasteiger partial charge in [-0.3, -0.25) is 4.79 Å². The highest BCUT2D eigenvalue weighted by molar-refractivity contribution is 5.77. The van der Waals surface area contributed by atoms with Crippen molar-refractivity contribution in [2.75, 3.05) is 39.6 Å². The molecular weight excluding hydrogens is 332 g/mol. The Morgan fingerprint density at radius 3 is 2.62 bits per heavy atom. The molecule has 6 nitrogen and oxygen atoms in total. The summed E-state index contributed by atoms with van der Waals surface area (Å²) in [4.78, 5) is 15.8. The molecule has 1 N–H and O–H groups in total. The van der Waals surface area contributed by atoms with Crippen molar-refractivity contribution < 1.29 is 23.9 Å². The van der Waals surface area contributed by atoms with E-state index < -0.39 is 0 Å². The van der Waals surface area contributed by atoms with E-state index in [0.717, 1.165) is 32.7 Å². The molecule has 0 unspecified atom stereocenters. The smallest absolute Gasteiger partial charge is 0.260 e. The Labute approximate surface area is 152 Å². The number of carbonyl (C=O) groups excluding carboxylic acids is 1. The number of fused-ring (bicyclic) bond motifs is 1. The molecule has 0 aliphatic carbocycles. The molecule has 1 amide bonds. The first kappa shape index (κ1) is 16.7. The third kappa shape index (κ3) is 3.91. The van der Waals surface area contributed by atoms with Gasteiger partial charge < -0.3 is 24.0 Å². The lowest BCUT2D eigenvalue weighted by molar-refractivity contribution is -0.917. The van der Waals surface area contributed by atoms with Gasteiger partial charge in [0.05, 0.1) is 26.2 Å². The van der Waals surface area contributed by atoms with E-state index in [0.29, 0.717) is 17.2 Å². The second kappa shape index (κ2) is 7.66. The van der Waals surface area contributed by atoms with Crippen LogP contribution in [0.1, 0.15) is 5.56 Å². The lowest BCUT2D eigenvalue weighted by Gasteiger charge is -2.32. The van der Waals surface area contributed by atoms with Gasteiger partial charge in [0, 0.05) is 11.6 Å². The first-order chi connectivity index (χ1) is 12.8. The van der Waals surface area contributed by atoms with Gasteiger partial charge in [-0.25, -0.2) is 0 Å². The standard InChI is InChI=1S/C20H22N2O4/c23-20(14-24-17-6-7-18-19(12-17)26-15-25-18)22-10-8-21(9-11-22)13-16-4-2-1-3-5-16/h1-7,12H,8-11,13-15H2/p+1. The van der Waals surface area contributed by atoms with E-state index in [1.54, 1.807) is 18.2 Å². The van der Waals surface area contributed by atoms with Gasteiger partial charge in [-0.15, -0.1) is 0 Å². The number of nitrogens with zero attached hydrogens (tertiary/aromatic N) is 1. The second-order valence-electron chi connectivity index (χ2n) is 6.60. The van der Waals surface area contributed by atoms with Crippen LogP contribution in [0.25, 0.3) is 0 Å². The van der Waals surface area contributed by atoms with Crippen molar-refractivity contribution in [2.45, 2.75) is 6.54 Å². The summed E-state index contributed by atoms with van der Waals surface area (Å²) in [5.41, 5.74) is 1.34. The number of piperazine rings is 1. The molecule has 2 aromatic carbocycles. The molecule has 0 bridgehead atoms. The molecule has 6 heteroatoms. The van der Waals surface area contributed by atoms with Crippen molar-refractivity contribution in [3.8, 4) is 17.2 Å². The van der Waals surface area contributed by atoms with Crippen LogP contribution in [0.15, 0.2) is 48.5 Å². The average molecular weight is 355 g/mol. The molecule has 26 heavy (non-hydrogen) atoms. The zero-order chi connectivity index (χ0) is 17.8. The van der Waals surface area contributed by atoms with Crippen LogP contribution in [0.2, 0.25) is 0 Å². The highest BCUT2D eigenvalue weighted by Gasteiger charge is 2.24. The van der Waals surface area contributed by atoms with Crippen LogP contribution >= 0.6 is 0 Å². The third-order valence-corrected chi connectivity index (χ3v) is 4.83. The molecule has 4 rings (SSSR count). The minimum Gasteiger partial charge on any atom is -0.484 e. The van der Waals surface area contributed by atoms with Crippen molar-refractivity contribution in [1.29, 1.82) is 0 Å². The Kier molecular flexibility index (Phi) is 4.93. The number of nitrogens with one attached hydrogen (secondary N) is 1. The monoisotopic (exact) mass is 355 g/mol. The molecule has 1 fully saturated rings. The number of benzene rings is 2. The number of amides is 1. The highest BCUT2D eigenvalue weighted by Crippen LogP contribution is 2.35. The predicted octanol–water partition coefficient (Wildman–Crippen LogP) is 0.721. The zero-order valence-electron chi connectivity index (χ0n) is 14.6. The molecule has 136 valence electrons. The van der Waals surface area contributed by atoms with E-state index in [1.807, 2.05) is 11.0 Å². The Balaban J connectivity index is 1.23. The first-order valence-electron chi connectivity index (χ1n) is 8.96. The fourth-order valence-electron chi connectivity index (χ4n) is 3.34. The molecule has 2 aliphatic rings. The number of hydrogen-bond acceptors (Lipinski definition) is 4. The number of hydrogen-bond donors (Lipinski definition) is 1. The number of ether oxygens (including phenoxy) is 3. The summed E-state index contributed by atoms with van der Waals surface area (Å²) in [6, 6.07) is 15.8. The van der Waals surface area contributed by atoms with Crippen LogP contribution in [0.3, 0.4) is 0 Å². The zero-order valence-corrected chi connectivity index (χ0v) is 14.6. The molecule has 2 aliphatic heterocycles. The minimum absolute atomic E-state index is 0.0291. The summed E-state index contributed by atoms with van der Waals surface area (Å²) in [6.45, 7) is 4.75. The van der Waals surface area contributed by atoms with Crippen LogP contribution in [-0.4, -0.2) is 50.4 Å². The Bertz CT molecular complexity index is 758. The quantitative estimate of drug-likeness (QED) is 0.859. The van der Waals surface area contributed by atoms with Gasteiger partial charge in [0.15, 0.2) is 18.1 Å². The molecular formula is C20H23N2O4+. The largest absolute Gasteiger partial charge is 0.484 e. The molecule has 0 radical (unpaired) electrons. The van der Waals surface area contributed by atoms with Gasteiger partial charge in [-0.1, -0.05) is 30.3 Å². The fraction of sp³-hybridized carbons (Fsp3) is 0.350. The van der Waals surface area contributed by atoms with Crippen molar-refractivity contribution in [3.63, 3.8) is 0 Å². The maximum atomic E-state index is 12.4. The van der Waals surface area contributed by atoms with Crippen molar-refractivity contribution in [3.05, 3.63) is 54.1 Å². The van der Waals surface area contributed by atoms with Crippen LogP contribution in [0.5, 0.6) is 17.2 Å². The minimum atomic E-state index is 0.0291. The van der Waals surface area contributed by atoms with E-state index in [1.165, 1.54) is 10.5 Å². The van der Waals surface area contributed by atoms with Crippen LogP contribution in [0.4, 0.5) is 0 Å². The summed E-state index contributed by atoms with van der Waals surface area (Å²) in [5, 5.41) is 0. The van der Waals surface area contributed by atoms with Crippen molar-refractivity contribution in [1.82, 2.24) is 4.90 Å². The Hall–Kier alpha value is -2.73. The maximum absolute atomic E-state index is 12.4. The third-order valence-electron chi connectivity index (χ3n) is 4.83. The summed E-state index contributed by atoms with van der Waals surface area (Å²) >= 11 is 0. The van der Waals surface area contributed by atoms with Gasteiger partial charge in [-0.05, 0) is 12.1 Å². The van der Waals surface area contributed by atoms with E-state index in [9.17, 15) is 4.79 Å². The number of carbonyl (C=O) groups is 1. The van der Waals surface area contributed by atoms with Crippen LogP contribution in [-0.2, 0) is 11.3 Å². The Morgan fingerprint density at radius 1 is 1.04 bits per heavy atom. The molecule has 2 heterocycles. The van der Waals surface area contributed by atoms with Crippen molar-refractivity contribution in [2.24, 2.45) is 0 Å². The second-order valence-corrected chi connectivity index (χ2v) is 6.60. The van der Waals surface area contributed by atoms with Gasteiger partial charge >= 0.3 is 0 Å². The molecule has 0 spiro atoms. The number of rotatable bonds is 5. The van der Waals surface area contributed by atoms with Gasteiger partial charge in [-0.2, -0.15) is 0 Å². The van der Waals surface area contributed by atoms with Gasteiger partial charge in [0.2, 0.25) is 6.79 Å². The summed E-state index contributed by atoms with van der Waals surface area (Å²) in [7, 11) is 0. The topological polar surface area (TPSA) is 52.4 Å². The molecule has 2 aromatic rings. The maximum Gasteiger partial charge on any atom is 0.260 e. The molecule has 0 saturated carbocycles. The molecule has 0 aromatic heterocycles. The molecule has 0 atom stereocenters. The first-order valence-corrected chi connectivity index (χ1v) is 8.96. The van der Waals surface area contributed by atoms with Crippen LogP contribution in [0, 0.1) is 0 Å². The average Bonchev–Trinajstić information content (AvgIpc) is 3.15. The van der Waals surface area contributed by atoms with E-state index in [2.05, 4.69) is 24.3 Å². The Morgan fingerprint density at radius 2 is 1.81 bits per heavy atom. The van der Waals surface area contributed by atoms with E-state index in [-0.39, 0.29) is 19.3 Å². The molecule has 1 saturated heterocycles. The lowest BCUT2D eigenvalue weighted by atomic mass is 10.2. The van der Waals surface area contributed by atoms with E-state index in [4.69, 9.17) is 14.2 Å². The lowest BCUT2D eigenvalue weighted by Crippen LogP contribution is -3.13. The summed E-state index contributed by atoms with van der Waals surface area (Å²) in [5.74, 6) is 2.02. The van der Waals surface area contributed by atoms with Crippen LogP contribution < -0.4 is 19.1 Å². The summed E-state index contributed by atoms with van der Waals surface area (Å²) < 4.78 is 16.2. The summed E-state index contributed by atoms with van der Waals surface area (Å²) in [6.07, 6.45) is 0. The highest BCUT2D eigenvalue weighted by atomic mass is 16.7. The van der Waals surface area contributed by atoms with E-state index >= 15 is 0 Å². The number of quaternary nitrogens is 1. The predicted molar refractivity (Wildman–Crippen MR) is 95.5 cm³/mol. The van der Waals surface area contributed by atoms with Gasteiger partial charge in [0.1, 0.15) is 12.3 Å². The fourth-order valence-corrected chi connectivity index (χ4v) is 3.34. The normalized spacial score (nSPS) is 16.5. The van der Waals surface area contributed by atoms with Gasteiger partial charge in [0.25, 0.3) is 5.91 Å². The van der Waals surface area contributed by atoms with Crippen molar-refractivity contribution >= 4 is 5.91 Å².